The van der Waals surface area contributed by atoms with Crippen molar-refractivity contribution in [3.63, 3.8) is 0 Å². The molecule has 1 rings (SSSR count). The van der Waals surface area contributed by atoms with Gasteiger partial charge in [0.2, 0.25) is 21.9 Å². The number of morpholine rings is 1. The lowest BCUT2D eigenvalue weighted by Gasteiger charge is -2.24. The number of rotatable bonds is 30. The van der Waals surface area contributed by atoms with Gasteiger partial charge in [-0.05, 0) is 148 Å². The summed E-state index contributed by atoms with van der Waals surface area (Å²) in [5.74, 6) is 3.43. The van der Waals surface area contributed by atoms with Gasteiger partial charge in [0.1, 0.15) is 18.3 Å². The first-order valence-corrected chi connectivity index (χ1v) is 39.5. The Balaban J connectivity index is -0.000000210. The number of carbonyl (C=O) groups excluding carboxylic acids is 5. The molecule has 1 heterocycles. The van der Waals surface area contributed by atoms with E-state index in [1.807, 2.05) is 33.0 Å². The van der Waals surface area contributed by atoms with E-state index in [4.69, 9.17) is 20.9 Å². The Morgan fingerprint density at radius 3 is 1.32 bits per heavy atom. The number of alkyl carbamates (subject to hydrolysis) is 2. The molecular weight excluding hydrogens is 1360 g/mol. The van der Waals surface area contributed by atoms with Crippen LogP contribution in [-0.2, 0) is 38.6 Å². The fraction of sp³-hybridized carbons (Fsp3) is 0.880. The average molecular weight is 1530 g/mol. The summed E-state index contributed by atoms with van der Waals surface area (Å²) in [6.07, 6.45) is 18.1. The summed E-state index contributed by atoms with van der Waals surface area (Å²) >= 11 is 0. The van der Waals surface area contributed by atoms with Crippen molar-refractivity contribution < 1.29 is 51.6 Å². The first-order chi connectivity index (χ1) is 48.0. The highest BCUT2D eigenvalue weighted by Gasteiger charge is 2.26. The van der Waals surface area contributed by atoms with Gasteiger partial charge >= 0.3 is 12.2 Å². The van der Waals surface area contributed by atoms with E-state index in [1.165, 1.54) is 24.9 Å². The van der Waals surface area contributed by atoms with Crippen LogP contribution in [0.15, 0.2) is 20.1 Å². The van der Waals surface area contributed by atoms with Gasteiger partial charge in [0.15, 0.2) is 17.0 Å². The highest BCUT2D eigenvalue weighted by molar-refractivity contribution is 7.89. The normalized spacial score (nSPS) is 12.6. The fourth-order valence-electron chi connectivity index (χ4n) is 8.32. The van der Waals surface area contributed by atoms with Crippen molar-refractivity contribution in [2.45, 2.75) is 261 Å². The second kappa shape index (κ2) is 64.7. The van der Waals surface area contributed by atoms with Crippen LogP contribution in [0.2, 0.25) is 0 Å². The minimum atomic E-state index is -3.23. The monoisotopic (exact) mass is 1520 g/mol. The molecule has 1 aliphatic rings. The molecule has 0 aromatic heterocycles. The summed E-state index contributed by atoms with van der Waals surface area (Å²) in [6.45, 7) is 53.8. The number of methoxy groups -OCH3 is 1. The Kier molecular flexibility index (Phi) is 68.9. The Morgan fingerprint density at radius 2 is 0.971 bits per heavy atom. The van der Waals surface area contributed by atoms with Gasteiger partial charge in [0.25, 0.3) is 17.8 Å². The molecule has 0 aromatic carbocycles. The number of nitrogens with zero attached hydrogens (tertiary/aromatic N) is 8. The maximum atomic E-state index is 11.3. The number of ether oxygens (including phenoxy) is 3. The predicted molar refractivity (Wildman–Crippen MR) is 439 cm³/mol. The molecule has 0 aliphatic carbocycles. The summed E-state index contributed by atoms with van der Waals surface area (Å²) in [5.41, 5.74) is 12.2. The van der Waals surface area contributed by atoms with E-state index in [0.717, 1.165) is 128 Å². The summed E-state index contributed by atoms with van der Waals surface area (Å²) < 4.78 is 38.2. The number of sulfonamides is 1. The molecule has 0 aromatic rings. The molecule has 11 N–H and O–H groups in total. The summed E-state index contributed by atoms with van der Waals surface area (Å²) in [5, 5.41) is 29.9. The number of amides is 5. The number of imide groups is 1. The lowest BCUT2D eigenvalue weighted by atomic mass is 9.91. The van der Waals surface area contributed by atoms with E-state index in [2.05, 4.69) is 207 Å². The minimum absolute atomic E-state index is 0.0490. The maximum Gasteiger partial charge on any atom is 0.406 e. The first-order valence-electron chi connectivity index (χ1n) is 37.6. The van der Waals surface area contributed by atoms with Crippen molar-refractivity contribution in [2.75, 3.05) is 128 Å². The number of nitrogens with two attached hydrogens (primary N) is 2. The zero-order valence-corrected chi connectivity index (χ0v) is 73.2. The van der Waals surface area contributed by atoms with Gasteiger partial charge in [-0.25, -0.2) is 28.1 Å². The van der Waals surface area contributed by atoms with Crippen LogP contribution >= 0.6 is 0 Å². The lowest BCUT2D eigenvalue weighted by Crippen LogP contribution is -2.46. The largest absolute Gasteiger partial charge is 0.453 e. The summed E-state index contributed by atoms with van der Waals surface area (Å²) in [4.78, 5) is 81.5. The van der Waals surface area contributed by atoms with E-state index < -0.39 is 15.1 Å². The molecule has 29 nitrogen and oxygen atoms in total. The third-order valence-electron chi connectivity index (χ3n) is 14.0. The Labute approximate surface area is 640 Å². The van der Waals surface area contributed by atoms with Gasteiger partial charge in [0.05, 0.1) is 20.0 Å². The number of nitrogens with one attached hydrogen (secondary N) is 7. The number of hydrazone groups is 1. The summed E-state index contributed by atoms with van der Waals surface area (Å²) in [6, 6.07) is 0. The number of hydrogen-bond donors (Lipinski definition) is 9. The predicted octanol–water partition coefficient (Wildman–Crippen LogP) is 12.2. The van der Waals surface area contributed by atoms with Gasteiger partial charge in [-0.15, -0.1) is 0 Å². The van der Waals surface area contributed by atoms with Crippen LogP contribution in [0.1, 0.15) is 261 Å². The molecule has 0 saturated carbocycles. The van der Waals surface area contributed by atoms with Gasteiger partial charge in [0, 0.05) is 102 Å². The van der Waals surface area contributed by atoms with Crippen molar-refractivity contribution in [1.82, 2.24) is 51.3 Å². The maximum absolute atomic E-state index is 11.3. The second-order valence-corrected chi connectivity index (χ2v) is 35.1. The van der Waals surface area contributed by atoms with Crippen LogP contribution in [0.4, 0.5) is 9.59 Å². The fourth-order valence-corrected chi connectivity index (χ4v) is 8.83. The lowest BCUT2D eigenvalue weighted by molar-refractivity contribution is -0.485. The SMILES string of the molecule is CC(C)(C)CCCN=C(N)N.CC(C)CCCN/C(=N/[N+](=O)[O-])N(C)C.CC(C)CCCN1C(=O)COCC1=O.CCC(=O)NCCCC(C)(C)C.CN=C(NCCCC(C)(C)C)N(C)C.CN=C(NCCCC(C)C)NS(C)(=O)=O.CNC(=O)OCCCC(C)(C)C.COC(=O)NCCCC(C)(C)C. The molecule has 5 amide bonds. The molecule has 1 aliphatic heterocycles. The highest BCUT2D eigenvalue weighted by Crippen LogP contribution is 2.23. The van der Waals surface area contributed by atoms with E-state index in [1.54, 1.807) is 33.1 Å². The molecule has 30 heteroatoms. The van der Waals surface area contributed by atoms with Crippen LogP contribution in [0.5, 0.6) is 0 Å². The molecule has 0 atom stereocenters. The third kappa shape index (κ3) is 99.6. The zero-order valence-electron chi connectivity index (χ0n) is 72.4. The van der Waals surface area contributed by atoms with Crippen LogP contribution in [0.3, 0.4) is 0 Å². The first kappa shape index (κ1) is 112. The number of aliphatic imine (C=N–C) groups is 3. The number of carbonyl (C=O) groups is 5. The third-order valence-corrected chi connectivity index (χ3v) is 14.6. The van der Waals surface area contributed by atoms with Gasteiger partial charge < -0.3 is 67.4 Å². The Hall–Kier alpha value is -6.46. The Morgan fingerprint density at radius 1 is 0.590 bits per heavy atom. The van der Waals surface area contributed by atoms with Gasteiger partial charge in [-0.3, -0.25) is 39.0 Å². The van der Waals surface area contributed by atoms with Crippen LogP contribution in [-0.4, -0.2) is 210 Å². The van der Waals surface area contributed by atoms with E-state index in [-0.39, 0.29) is 49.1 Å². The molecular formula is C75H161N17O12S. The van der Waals surface area contributed by atoms with E-state index in [0.29, 0.717) is 89.4 Å². The van der Waals surface area contributed by atoms with Gasteiger partial charge in [-0.2, -0.15) is 0 Å². The molecule has 0 unspecified atom stereocenters. The molecule has 0 bridgehead atoms. The van der Waals surface area contributed by atoms with Crippen LogP contribution in [0, 0.1) is 54.9 Å². The Bertz CT molecular complexity index is 2380. The number of hydrogen-bond acceptors (Lipinski definition) is 15. The molecule has 1 fully saturated rings. The van der Waals surface area contributed by atoms with Crippen LogP contribution < -0.4 is 48.1 Å². The van der Waals surface area contributed by atoms with Crippen LogP contribution in [0.25, 0.3) is 0 Å². The topological polar surface area (TPSA) is 386 Å². The molecule has 105 heavy (non-hydrogen) atoms. The van der Waals surface area contributed by atoms with Gasteiger partial charge in [-0.1, -0.05) is 152 Å². The summed E-state index contributed by atoms with van der Waals surface area (Å²) in [7, 11) is 10.5. The van der Waals surface area contributed by atoms with Crippen molar-refractivity contribution in [3.8, 4) is 0 Å². The number of nitro groups is 1. The zero-order chi connectivity index (χ0) is 83.2. The second-order valence-electron chi connectivity index (χ2n) is 33.4. The van der Waals surface area contributed by atoms with Crippen molar-refractivity contribution >= 4 is 63.8 Å². The molecule has 0 radical (unpaired) electrons. The highest BCUT2D eigenvalue weighted by atomic mass is 32.2. The van der Waals surface area contributed by atoms with E-state index in [9.17, 15) is 42.5 Å². The average Bonchev–Trinajstić information content (AvgIpc) is 0.874. The standard InChI is InChI=1S/C11H25N3.C10H17NO3.C10H21NO.C9H20N4O2.C9H21N3O2S.2C9H19NO2.C8H19N3/c1-11(2,3)8-7-9-13-10(12-4)14(5)6;1-8(2)4-3-5-11-9(12)6-14-7-10(11)13;1-5-9(12)11-8-6-7-10(2,3)4;1-8(2)6-5-7-10-9(12(3)4)11-13(14)15;1-8(2)6-5-7-11-9(10-3)12-15(4,13)14;1-9(2,3)6-5-7-10-8(11)12-4;1-9(2,3)6-5-7-12-8(11)10-4;1-8(2,3)5-4-6-11-7(9)10/h7-9H2,1-6H3,(H,12,13);8H,3-7H2,1-2H3;5-8H2,1-4H3,(H,11,12);8H,5-7H2,1-4H3,(H,10,11);8H,5-7H2,1-4H3,(H2,10,11,12);2*5-7H2,1-4H3,(H,10,11);4-6H2,1-3H3,(H4,9,10,11). The quantitative estimate of drug-likeness (QED) is 0.00805. The van der Waals surface area contributed by atoms with Crippen molar-refractivity contribution in [3.05, 3.63) is 10.1 Å². The minimum Gasteiger partial charge on any atom is -0.453 e. The number of guanidine groups is 4. The molecule has 1 saturated heterocycles. The molecule has 0 spiro atoms. The van der Waals surface area contributed by atoms with E-state index >= 15 is 0 Å². The smallest absolute Gasteiger partial charge is 0.406 e. The van der Waals surface area contributed by atoms with Crippen molar-refractivity contribution in [1.29, 1.82) is 0 Å². The molecule has 624 valence electrons. The van der Waals surface area contributed by atoms with Crippen molar-refractivity contribution in [2.24, 2.45) is 76.4 Å².